The normalized spacial score (nSPS) is 36.7. The van der Waals surface area contributed by atoms with Crippen LogP contribution >= 0.6 is 0 Å². The number of aromatic hydroxyl groups is 3. The van der Waals surface area contributed by atoms with Gasteiger partial charge in [0.15, 0.2) is 23.4 Å². The predicted octanol–water partition coefficient (Wildman–Crippen LogP) is 0.817. The molecule has 2 aliphatic carbocycles. The van der Waals surface area contributed by atoms with Crippen LogP contribution in [0.15, 0.2) is 12.2 Å². The van der Waals surface area contributed by atoms with Crippen molar-refractivity contribution in [2.45, 2.75) is 30.4 Å². The fourth-order valence-electron chi connectivity index (χ4n) is 5.19. The Balaban J connectivity index is 1.90. The average Bonchev–Trinajstić information content (AvgIpc) is 2.88. The van der Waals surface area contributed by atoms with Crippen molar-refractivity contribution in [3.63, 3.8) is 0 Å². The van der Waals surface area contributed by atoms with Gasteiger partial charge in [-0.25, -0.2) is 0 Å². The molecule has 0 unspecified atom stereocenters. The molecule has 3 N–H and O–H groups in total. The molecule has 4 atom stereocenters. The van der Waals surface area contributed by atoms with Gasteiger partial charge in [-0.3, -0.25) is 4.79 Å². The van der Waals surface area contributed by atoms with Gasteiger partial charge in [0, 0.05) is 23.1 Å². The number of ether oxygens (including phenoxy) is 1. The number of phenolic OH excluding ortho intramolecular Hbond substituents is 3. The van der Waals surface area contributed by atoms with Crippen LogP contribution in [-0.2, 0) is 16.6 Å². The first-order chi connectivity index (χ1) is 11.0. The Morgan fingerprint density at radius 1 is 1.26 bits per heavy atom. The maximum atomic E-state index is 12.5. The molecule has 1 fully saturated rings. The van der Waals surface area contributed by atoms with E-state index in [-0.39, 0.29) is 29.2 Å². The van der Waals surface area contributed by atoms with Crippen LogP contribution in [0.3, 0.4) is 0 Å². The summed E-state index contributed by atoms with van der Waals surface area (Å²) in [6.07, 6.45) is 4.12. The highest BCUT2D eigenvalue weighted by Crippen LogP contribution is 2.65. The number of benzene rings is 1. The van der Waals surface area contributed by atoms with Crippen LogP contribution in [0.1, 0.15) is 17.5 Å². The molecule has 120 valence electrons. The number of likely N-dealkylation sites (tertiary alicyclic amines) is 1. The van der Waals surface area contributed by atoms with E-state index in [2.05, 4.69) is 4.90 Å². The van der Waals surface area contributed by atoms with Gasteiger partial charge < -0.3 is 25.0 Å². The number of nitrogens with zero attached hydrogens (tertiary/aromatic N) is 1. The molecule has 1 aromatic rings. The topological polar surface area (TPSA) is 90.2 Å². The number of carbonyl (C=O) groups excluding carboxylic acids is 1. The van der Waals surface area contributed by atoms with Gasteiger partial charge in [0.1, 0.15) is 0 Å². The van der Waals surface area contributed by atoms with Crippen LogP contribution in [0.4, 0.5) is 0 Å². The lowest BCUT2D eigenvalue weighted by molar-refractivity contribution is -0.127. The summed E-state index contributed by atoms with van der Waals surface area (Å²) in [6.45, 7) is 0.823. The number of likely N-dealkylation sites (N-methyl/N-ethyl adjacent to an activating group) is 1. The Morgan fingerprint density at radius 3 is 2.83 bits per heavy atom. The van der Waals surface area contributed by atoms with Gasteiger partial charge in [-0.15, -0.1) is 0 Å². The molecule has 6 nitrogen and oxygen atoms in total. The summed E-state index contributed by atoms with van der Waals surface area (Å²) in [5.41, 5.74) is 0.783. The van der Waals surface area contributed by atoms with Gasteiger partial charge >= 0.3 is 0 Å². The molecule has 2 heterocycles. The van der Waals surface area contributed by atoms with Gasteiger partial charge in [-0.05, 0) is 32.5 Å². The first kappa shape index (κ1) is 13.2. The van der Waals surface area contributed by atoms with Crippen molar-refractivity contribution in [1.82, 2.24) is 4.90 Å². The fourth-order valence-corrected chi connectivity index (χ4v) is 5.19. The largest absolute Gasteiger partial charge is 0.504 e. The number of phenols is 3. The van der Waals surface area contributed by atoms with Gasteiger partial charge in [-0.1, -0.05) is 6.08 Å². The summed E-state index contributed by atoms with van der Waals surface area (Å²) in [6, 6.07) is 0.132. The molecular weight excluding hydrogens is 298 g/mol. The lowest BCUT2D eigenvalue weighted by Crippen LogP contribution is -2.64. The quantitative estimate of drug-likeness (QED) is 0.614. The van der Waals surface area contributed by atoms with E-state index in [1.807, 2.05) is 13.1 Å². The van der Waals surface area contributed by atoms with Crippen molar-refractivity contribution >= 4 is 5.78 Å². The van der Waals surface area contributed by atoms with Gasteiger partial charge in [0.05, 0.1) is 5.41 Å². The predicted molar refractivity (Wildman–Crippen MR) is 79.9 cm³/mol. The zero-order chi connectivity index (χ0) is 16.1. The molecule has 0 aromatic heterocycles. The molecule has 6 heteroatoms. The first-order valence-electron chi connectivity index (χ1n) is 7.86. The molecule has 5 rings (SSSR count). The minimum absolute atomic E-state index is 0.0982. The second kappa shape index (κ2) is 3.82. The van der Waals surface area contributed by atoms with Crippen molar-refractivity contribution in [3.8, 4) is 23.0 Å². The van der Waals surface area contributed by atoms with E-state index in [4.69, 9.17) is 4.74 Å². The lowest BCUT2D eigenvalue weighted by Gasteiger charge is -2.55. The number of hydrogen-bond donors (Lipinski definition) is 3. The number of rotatable bonds is 0. The fraction of sp³-hybridized carbons (Fsp3) is 0.471. The van der Waals surface area contributed by atoms with Crippen molar-refractivity contribution in [3.05, 3.63) is 23.3 Å². The monoisotopic (exact) mass is 315 g/mol. The zero-order valence-corrected chi connectivity index (χ0v) is 12.6. The summed E-state index contributed by atoms with van der Waals surface area (Å²) < 4.78 is 5.85. The van der Waals surface area contributed by atoms with Crippen molar-refractivity contribution in [2.24, 2.45) is 5.92 Å². The van der Waals surface area contributed by atoms with Crippen molar-refractivity contribution in [2.75, 3.05) is 13.6 Å². The molecular formula is C17H17NO5. The second-order valence-electron chi connectivity index (χ2n) is 7.06. The van der Waals surface area contributed by atoms with Crippen molar-refractivity contribution < 1.29 is 24.9 Å². The minimum Gasteiger partial charge on any atom is -0.504 e. The SMILES string of the molecule is CN1CC[C@]23c4c5c(O)c(O)c(O)c4O[C@H]2C(=O)C=C[C@H]3[C@H]1C5. The van der Waals surface area contributed by atoms with Crippen molar-refractivity contribution in [1.29, 1.82) is 0 Å². The van der Waals surface area contributed by atoms with E-state index in [0.29, 0.717) is 12.0 Å². The molecule has 1 spiro atoms. The summed E-state index contributed by atoms with van der Waals surface area (Å²) in [5.74, 6) is -1.16. The third kappa shape index (κ3) is 1.25. The highest BCUT2D eigenvalue weighted by atomic mass is 16.5. The highest BCUT2D eigenvalue weighted by molar-refractivity contribution is 5.98. The first-order valence-corrected chi connectivity index (χ1v) is 7.86. The van der Waals surface area contributed by atoms with Crippen LogP contribution in [0, 0.1) is 5.92 Å². The van der Waals surface area contributed by atoms with E-state index in [1.165, 1.54) is 0 Å². The molecule has 0 amide bonds. The molecule has 2 bridgehead atoms. The zero-order valence-electron chi connectivity index (χ0n) is 12.6. The van der Waals surface area contributed by atoms with Crippen LogP contribution in [0.25, 0.3) is 0 Å². The Bertz CT molecular complexity index is 801. The minimum atomic E-state index is -0.685. The average molecular weight is 315 g/mol. The van der Waals surface area contributed by atoms with E-state index < -0.39 is 23.0 Å². The molecule has 1 aromatic carbocycles. The summed E-state index contributed by atoms with van der Waals surface area (Å²) in [5, 5.41) is 30.6. The maximum Gasteiger partial charge on any atom is 0.204 e. The molecule has 1 saturated heterocycles. The summed E-state index contributed by atoms with van der Waals surface area (Å²) in [4.78, 5) is 14.7. The van der Waals surface area contributed by atoms with E-state index in [0.717, 1.165) is 18.5 Å². The number of ketones is 1. The number of piperidine rings is 1. The summed E-state index contributed by atoms with van der Waals surface area (Å²) in [7, 11) is 2.04. The van der Waals surface area contributed by atoms with Gasteiger partial charge in [0.25, 0.3) is 0 Å². The van der Waals surface area contributed by atoms with Crippen LogP contribution in [0.2, 0.25) is 0 Å². The number of carbonyl (C=O) groups is 1. The molecule has 0 radical (unpaired) electrons. The van der Waals surface area contributed by atoms with Crippen LogP contribution < -0.4 is 4.74 Å². The van der Waals surface area contributed by atoms with Gasteiger partial charge in [0.2, 0.25) is 11.5 Å². The second-order valence-corrected chi connectivity index (χ2v) is 7.06. The molecule has 0 saturated carbocycles. The summed E-state index contributed by atoms with van der Waals surface area (Å²) >= 11 is 0. The number of hydrogen-bond acceptors (Lipinski definition) is 6. The van der Waals surface area contributed by atoms with E-state index in [9.17, 15) is 20.1 Å². The van der Waals surface area contributed by atoms with Gasteiger partial charge in [-0.2, -0.15) is 0 Å². The standard InChI is InChI=1S/C17H17NO5/c1-18-5-4-17-8-2-3-10(19)16(17)23-15-11(17)7(6-9(8)18)12(20)13(21)14(15)22/h2-3,8-9,16,20-22H,4-6H2,1H3/t8-,9+,16-,17-/m0/s1. The third-order valence-electron chi connectivity index (χ3n) is 6.24. The Morgan fingerprint density at radius 2 is 2.04 bits per heavy atom. The maximum absolute atomic E-state index is 12.5. The van der Waals surface area contributed by atoms with Crippen LogP contribution in [0.5, 0.6) is 23.0 Å². The third-order valence-corrected chi connectivity index (χ3v) is 6.24. The molecule has 4 aliphatic rings. The Labute approximate surface area is 132 Å². The molecule has 2 aliphatic heterocycles. The molecule has 23 heavy (non-hydrogen) atoms. The smallest absolute Gasteiger partial charge is 0.204 e. The highest BCUT2D eigenvalue weighted by Gasteiger charge is 2.65. The lowest BCUT2D eigenvalue weighted by atomic mass is 9.53. The van der Waals surface area contributed by atoms with E-state index in [1.54, 1.807) is 6.08 Å². The Kier molecular flexibility index (Phi) is 2.20. The van der Waals surface area contributed by atoms with Crippen LogP contribution in [-0.4, -0.2) is 51.7 Å². The van der Waals surface area contributed by atoms with E-state index >= 15 is 0 Å². The Hall–Kier alpha value is -2.21.